The van der Waals surface area contributed by atoms with Crippen molar-refractivity contribution in [2.24, 2.45) is 11.8 Å². The van der Waals surface area contributed by atoms with Crippen molar-refractivity contribution in [3.05, 3.63) is 23.3 Å². The van der Waals surface area contributed by atoms with Crippen molar-refractivity contribution in [1.29, 1.82) is 0 Å². The van der Waals surface area contributed by atoms with Crippen molar-refractivity contribution in [2.45, 2.75) is 82.8 Å². The van der Waals surface area contributed by atoms with Gasteiger partial charge in [0.1, 0.15) is 0 Å². The third-order valence-electron chi connectivity index (χ3n) is 8.31. The summed E-state index contributed by atoms with van der Waals surface area (Å²) in [5.74, 6) is 1.59. The topological polar surface area (TPSA) is 55.8 Å². The van der Waals surface area contributed by atoms with E-state index in [1.807, 2.05) is 13.0 Å². The summed E-state index contributed by atoms with van der Waals surface area (Å²) in [5, 5.41) is 0. The number of nitrogens with zero attached hydrogens (tertiary/aromatic N) is 1. The van der Waals surface area contributed by atoms with E-state index in [-0.39, 0.29) is 23.1 Å². The Bertz CT molecular complexity index is 880. The number of carbonyl (C=O) groups is 2. The highest BCUT2D eigenvalue weighted by Crippen LogP contribution is 2.63. The predicted molar refractivity (Wildman–Crippen MR) is 114 cm³/mol. The Kier molecular flexibility index (Phi) is 4.92. The van der Waals surface area contributed by atoms with Gasteiger partial charge in [0.15, 0.2) is 23.4 Å². The molecule has 5 rings (SSSR count). The second-order valence-electron chi connectivity index (χ2n) is 9.75. The first kappa shape index (κ1) is 20.0. The summed E-state index contributed by atoms with van der Waals surface area (Å²) in [5.41, 5.74) is 2.22. The van der Waals surface area contributed by atoms with Gasteiger partial charge in [-0.15, -0.1) is 0 Å². The predicted octanol–water partition coefficient (Wildman–Crippen LogP) is 4.05. The maximum atomic E-state index is 13.0. The van der Waals surface area contributed by atoms with Crippen LogP contribution in [0, 0.1) is 11.8 Å². The van der Waals surface area contributed by atoms with Crippen LogP contribution in [0.4, 0.5) is 0 Å². The lowest BCUT2D eigenvalue weighted by Crippen LogP contribution is -2.65. The van der Waals surface area contributed by atoms with Gasteiger partial charge in [-0.2, -0.15) is 0 Å². The van der Waals surface area contributed by atoms with Gasteiger partial charge in [-0.25, -0.2) is 0 Å². The number of benzene rings is 1. The Labute approximate surface area is 179 Å². The highest BCUT2D eigenvalue weighted by molar-refractivity contribution is 5.89. The van der Waals surface area contributed by atoms with Crippen molar-refractivity contribution in [1.82, 2.24) is 4.90 Å². The zero-order valence-corrected chi connectivity index (χ0v) is 18.4. The van der Waals surface area contributed by atoms with Crippen LogP contribution < -0.4 is 9.47 Å². The summed E-state index contributed by atoms with van der Waals surface area (Å²) in [4.78, 5) is 28.3. The SMILES string of the molecule is CCCCC(CC)C(=O)Oc1ccc2c3c1O[C@H]1C(=O)CCC4[C@@H](C2)N(C)CC[C@@]341. The first-order valence-electron chi connectivity index (χ1n) is 11.8. The molecule has 30 heavy (non-hydrogen) atoms. The van der Waals surface area contributed by atoms with Crippen LogP contribution in [0.3, 0.4) is 0 Å². The number of carbonyl (C=O) groups excluding carboxylic acids is 2. The van der Waals surface area contributed by atoms with Crippen molar-refractivity contribution in [3.63, 3.8) is 0 Å². The number of Topliss-reactive ketones (excluding diaryl/α,β-unsaturated/α-hetero) is 1. The number of ketones is 1. The summed E-state index contributed by atoms with van der Waals surface area (Å²) in [7, 11) is 2.21. The van der Waals surface area contributed by atoms with Gasteiger partial charge in [0.05, 0.1) is 5.92 Å². The monoisotopic (exact) mass is 411 g/mol. The molecule has 2 aliphatic carbocycles. The summed E-state index contributed by atoms with van der Waals surface area (Å²) >= 11 is 0. The van der Waals surface area contributed by atoms with Crippen LogP contribution >= 0.6 is 0 Å². The fourth-order valence-electron chi connectivity index (χ4n) is 6.72. The molecule has 4 aliphatic rings. The Morgan fingerprint density at radius 1 is 1.37 bits per heavy atom. The standard InChI is InChI=1S/C25H33NO4/c1-4-6-7-15(5-2)24(28)29-20-11-8-16-14-18-17-9-10-19(27)23-25(17,12-13-26(18)3)21(16)22(20)30-23/h8,11,15,17-18,23H,4-7,9-10,12-14H2,1-3H3/t15?,17?,18-,23+,25+/m1/s1. The van der Waals surface area contributed by atoms with Gasteiger partial charge < -0.3 is 14.4 Å². The van der Waals surface area contributed by atoms with E-state index in [9.17, 15) is 9.59 Å². The van der Waals surface area contributed by atoms with E-state index in [1.54, 1.807) is 0 Å². The van der Waals surface area contributed by atoms with Gasteiger partial charge in [0.2, 0.25) is 0 Å². The van der Waals surface area contributed by atoms with Gasteiger partial charge >= 0.3 is 5.97 Å². The van der Waals surface area contributed by atoms with E-state index in [2.05, 4.69) is 24.9 Å². The normalized spacial score (nSPS) is 32.4. The maximum Gasteiger partial charge on any atom is 0.314 e. The molecule has 2 aliphatic heterocycles. The van der Waals surface area contributed by atoms with Crippen LogP contribution in [-0.2, 0) is 21.4 Å². The van der Waals surface area contributed by atoms with Gasteiger partial charge in [-0.05, 0) is 63.2 Å². The number of ether oxygens (including phenoxy) is 2. The Morgan fingerprint density at radius 3 is 2.97 bits per heavy atom. The van der Waals surface area contributed by atoms with Crippen molar-refractivity contribution in [3.8, 4) is 11.5 Å². The first-order chi connectivity index (χ1) is 14.5. The van der Waals surface area contributed by atoms with E-state index in [0.29, 0.717) is 29.9 Å². The Balaban J connectivity index is 1.54. The average molecular weight is 412 g/mol. The highest BCUT2D eigenvalue weighted by Gasteiger charge is 2.65. The maximum absolute atomic E-state index is 13.0. The van der Waals surface area contributed by atoms with Crippen LogP contribution in [0.25, 0.3) is 0 Å². The van der Waals surface area contributed by atoms with E-state index < -0.39 is 6.10 Å². The fourth-order valence-corrected chi connectivity index (χ4v) is 6.72. The number of hydrogen-bond acceptors (Lipinski definition) is 5. The Morgan fingerprint density at radius 2 is 2.20 bits per heavy atom. The molecule has 1 spiro atoms. The van der Waals surface area contributed by atoms with Crippen LogP contribution in [0.15, 0.2) is 12.1 Å². The minimum Gasteiger partial charge on any atom is -0.477 e. The van der Waals surface area contributed by atoms with E-state index in [4.69, 9.17) is 9.47 Å². The van der Waals surface area contributed by atoms with Gasteiger partial charge in [0.25, 0.3) is 0 Å². The lowest BCUT2D eigenvalue weighted by molar-refractivity contribution is -0.139. The molecule has 2 fully saturated rings. The minimum atomic E-state index is -0.414. The third-order valence-corrected chi connectivity index (χ3v) is 8.31. The number of likely N-dealkylation sites (tertiary alicyclic amines) is 1. The third kappa shape index (κ3) is 2.70. The lowest BCUT2D eigenvalue weighted by atomic mass is 9.52. The molecule has 2 heterocycles. The number of esters is 1. The van der Waals surface area contributed by atoms with Gasteiger partial charge in [0, 0.05) is 23.4 Å². The molecule has 5 nitrogen and oxygen atoms in total. The quantitative estimate of drug-likeness (QED) is 0.522. The molecule has 1 aromatic carbocycles. The number of likely N-dealkylation sites (N-methyl/N-ethyl adjacent to an activating group) is 1. The molecule has 0 amide bonds. The summed E-state index contributed by atoms with van der Waals surface area (Å²) in [6.07, 6.45) is 6.76. The second-order valence-corrected chi connectivity index (χ2v) is 9.75. The zero-order valence-electron chi connectivity index (χ0n) is 18.4. The van der Waals surface area contributed by atoms with E-state index in [1.165, 1.54) is 11.1 Å². The molecule has 1 saturated heterocycles. The summed E-state index contributed by atoms with van der Waals surface area (Å²) in [6, 6.07) is 4.47. The van der Waals surface area contributed by atoms with Crippen molar-refractivity contribution in [2.75, 3.05) is 13.6 Å². The number of unbranched alkanes of at least 4 members (excludes halogenated alkanes) is 1. The molecule has 5 heteroatoms. The van der Waals surface area contributed by atoms with Gasteiger partial charge in [-0.1, -0.05) is 32.8 Å². The van der Waals surface area contributed by atoms with E-state index >= 15 is 0 Å². The van der Waals surface area contributed by atoms with Crippen molar-refractivity contribution < 1.29 is 19.1 Å². The highest BCUT2D eigenvalue weighted by atomic mass is 16.6. The molecule has 5 atom stereocenters. The lowest BCUT2D eigenvalue weighted by Gasteiger charge is -2.57. The second kappa shape index (κ2) is 7.37. The van der Waals surface area contributed by atoms with Crippen molar-refractivity contribution >= 4 is 11.8 Å². The average Bonchev–Trinajstić information content (AvgIpc) is 3.09. The first-order valence-corrected chi connectivity index (χ1v) is 11.8. The van der Waals surface area contributed by atoms with Crippen LogP contribution in [0.1, 0.15) is 69.9 Å². The molecule has 0 radical (unpaired) electrons. The smallest absolute Gasteiger partial charge is 0.314 e. The largest absolute Gasteiger partial charge is 0.477 e. The van der Waals surface area contributed by atoms with Crippen LogP contribution in [0.2, 0.25) is 0 Å². The molecule has 1 aromatic rings. The molecule has 0 N–H and O–H groups in total. The number of hydrogen-bond donors (Lipinski definition) is 0. The van der Waals surface area contributed by atoms with Crippen LogP contribution in [0.5, 0.6) is 11.5 Å². The molecule has 1 saturated carbocycles. The molecule has 162 valence electrons. The van der Waals surface area contributed by atoms with Gasteiger partial charge in [-0.3, -0.25) is 9.59 Å². The molecular weight excluding hydrogens is 378 g/mol. The number of rotatable bonds is 6. The molecule has 2 unspecified atom stereocenters. The number of piperidine rings is 1. The van der Waals surface area contributed by atoms with Crippen LogP contribution in [-0.4, -0.2) is 42.4 Å². The molecule has 2 bridgehead atoms. The van der Waals surface area contributed by atoms with E-state index in [0.717, 1.165) is 51.5 Å². The molecule has 0 aromatic heterocycles. The fraction of sp³-hybridized carbons (Fsp3) is 0.680. The zero-order chi connectivity index (χ0) is 21.0. The Hall–Kier alpha value is -1.88. The summed E-state index contributed by atoms with van der Waals surface area (Å²) in [6.45, 7) is 5.16. The molecular formula is C25H33NO4. The minimum absolute atomic E-state index is 0.0860. The summed E-state index contributed by atoms with van der Waals surface area (Å²) < 4.78 is 12.3.